The average molecular weight is 366 g/mol. The van der Waals surface area contributed by atoms with Gasteiger partial charge < -0.3 is 5.32 Å². The minimum atomic E-state index is -0.274. The zero-order valence-electron chi connectivity index (χ0n) is 14.3. The fourth-order valence-electron chi connectivity index (χ4n) is 3.16. The maximum atomic E-state index is 13.9. The van der Waals surface area contributed by atoms with E-state index in [0.29, 0.717) is 0 Å². The van der Waals surface area contributed by atoms with E-state index in [0.717, 1.165) is 34.1 Å². The summed E-state index contributed by atoms with van der Waals surface area (Å²) >= 11 is 1.67. The topological polar surface area (TPSA) is 49.3 Å². The van der Waals surface area contributed by atoms with Crippen molar-refractivity contribution < 1.29 is 4.39 Å². The lowest BCUT2D eigenvalue weighted by molar-refractivity contribution is 0.500. The van der Waals surface area contributed by atoms with Gasteiger partial charge in [-0.3, -0.25) is 10.3 Å². The summed E-state index contributed by atoms with van der Waals surface area (Å²) in [5.41, 5.74) is 2.37. The Labute approximate surface area is 155 Å². The van der Waals surface area contributed by atoms with Crippen LogP contribution in [0.3, 0.4) is 0 Å². The van der Waals surface area contributed by atoms with Crippen LogP contribution in [0.25, 0.3) is 0 Å². The van der Waals surface area contributed by atoms with Crippen molar-refractivity contribution in [1.29, 1.82) is 0 Å². The van der Waals surface area contributed by atoms with Crippen molar-refractivity contribution in [3.05, 3.63) is 81.9 Å². The van der Waals surface area contributed by atoms with E-state index in [1.807, 2.05) is 29.6 Å². The lowest BCUT2D eigenvalue weighted by Gasteiger charge is -2.24. The molecule has 4 rings (SSSR count). The van der Waals surface area contributed by atoms with Gasteiger partial charge in [0, 0.05) is 22.2 Å². The number of thiophene rings is 1. The summed E-state index contributed by atoms with van der Waals surface area (Å²) in [6, 6.07) is 14.4. The van der Waals surface area contributed by atoms with Crippen LogP contribution >= 0.6 is 11.3 Å². The molecule has 0 saturated heterocycles. The number of nitrogens with one attached hydrogen (secondary N) is 2. The lowest BCUT2D eigenvalue weighted by Crippen LogP contribution is -2.40. The Hall–Kier alpha value is -2.57. The summed E-state index contributed by atoms with van der Waals surface area (Å²) in [5.74, 6) is 0.476. The van der Waals surface area contributed by atoms with Gasteiger partial charge in [-0.15, -0.1) is 11.3 Å². The van der Waals surface area contributed by atoms with Crippen LogP contribution in [0.4, 0.5) is 10.2 Å². The summed E-state index contributed by atoms with van der Waals surface area (Å²) in [6.45, 7) is 2.86. The van der Waals surface area contributed by atoms with E-state index in [1.165, 1.54) is 12.1 Å². The summed E-state index contributed by atoms with van der Waals surface area (Å²) in [4.78, 5) is 10.7. The normalized spacial score (nSPS) is 19.2. The van der Waals surface area contributed by atoms with Gasteiger partial charge in [0.1, 0.15) is 23.8 Å². The van der Waals surface area contributed by atoms with Crippen LogP contribution in [-0.2, 0) is 0 Å². The first-order valence-electron chi connectivity index (χ1n) is 8.58. The first kappa shape index (κ1) is 16.9. The molecule has 2 N–H and O–H groups in total. The molecule has 6 heteroatoms. The van der Waals surface area contributed by atoms with E-state index >= 15 is 0 Å². The highest BCUT2D eigenvalue weighted by Crippen LogP contribution is 2.32. The number of aromatic nitrogens is 1. The average Bonchev–Trinajstić information content (AvgIpc) is 3.12. The molecule has 0 radical (unpaired) electrons. The zero-order valence-corrected chi connectivity index (χ0v) is 15.1. The number of hydrogen-bond acceptors (Lipinski definition) is 5. The van der Waals surface area contributed by atoms with Gasteiger partial charge in [-0.25, -0.2) is 9.37 Å². The number of nitrogens with zero attached hydrogens (tertiary/aromatic N) is 2. The minimum absolute atomic E-state index is 0.0987. The van der Waals surface area contributed by atoms with Crippen molar-refractivity contribution in [2.45, 2.75) is 19.1 Å². The number of aliphatic imine (C=N–C) groups is 1. The number of fused-ring (bicyclic) bond motifs is 1. The van der Waals surface area contributed by atoms with E-state index in [2.05, 4.69) is 28.6 Å². The fourth-order valence-corrected chi connectivity index (χ4v) is 3.96. The minimum Gasteiger partial charge on any atom is -0.352 e. The molecule has 26 heavy (non-hydrogen) atoms. The van der Waals surface area contributed by atoms with Gasteiger partial charge in [-0.2, -0.15) is 0 Å². The molecule has 0 amide bonds. The smallest absolute Gasteiger partial charge is 0.136 e. The van der Waals surface area contributed by atoms with E-state index < -0.39 is 0 Å². The van der Waals surface area contributed by atoms with Crippen LogP contribution in [0.2, 0.25) is 0 Å². The second-order valence-corrected chi connectivity index (χ2v) is 7.01. The van der Waals surface area contributed by atoms with Gasteiger partial charge in [0.25, 0.3) is 0 Å². The molecule has 1 aliphatic heterocycles. The molecule has 3 aromatic rings. The highest BCUT2D eigenvalue weighted by Gasteiger charge is 2.29. The molecule has 0 fully saturated rings. The molecule has 1 aromatic carbocycles. The van der Waals surface area contributed by atoms with Crippen LogP contribution in [-0.4, -0.2) is 23.4 Å². The van der Waals surface area contributed by atoms with Crippen LogP contribution in [0.15, 0.2) is 65.1 Å². The zero-order chi connectivity index (χ0) is 17.9. The summed E-state index contributed by atoms with van der Waals surface area (Å²) < 4.78 is 13.9. The van der Waals surface area contributed by atoms with E-state index in [9.17, 15) is 4.39 Å². The van der Waals surface area contributed by atoms with Crippen molar-refractivity contribution in [2.75, 3.05) is 11.9 Å². The monoisotopic (exact) mass is 366 g/mol. The number of anilines is 1. The summed E-state index contributed by atoms with van der Waals surface area (Å²) in [7, 11) is 0. The molecular formula is C20H19FN4S. The first-order chi connectivity index (χ1) is 12.8. The number of rotatable bonds is 4. The number of benzene rings is 1. The van der Waals surface area contributed by atoms with Crippen molar-refractivity contribution in [3.8, 4) is 0 Å². The molecule has 2 atom stereocenters. The third-order valence-corrected chi connectivity index (χ3v) is 5.24. The van der Waals surface area contributed by atoms with Gasteiger partial charge >= 0.3 is 0 Å². The maximum Gasteiger partial charge on any atom is 0.136 e. The standard InChI is InChI=1S/C20H19FN4S/c1-2-22-20-18(16-9-5-11-26-16)24-17(13-6-3-7-14(21)12-13)15-8-4-10-23-19(15)25-20/h3-12,18,20,22H,2H2,1H3,(H,23,25). The Morgan fingerprint density at radius 2 is 2.12 bits per heavy atom. The van der Waals surface area contributed by atoms with Crippen LogP contribution < -0.4 is 10.6 Å². The molecule has 0 bridgehead atoms. The molecule has 132 valence electrons. The highest BCUT2D eigenvalue weighted by atomic mass is 32.1. The SMILES string of the molecule is CCNC1Nc2ncccc2C(c2cccc(F)c2)=NC1c1cccs1. The number of halogens is 1. The van der Waals surface area contributed by atoms with Gasteiger partial charge in [0.05, 0.1) is 5.71 Å². The Bertz CT molecular complexity index is 923. The molecule has 2 unspecified atom stereocenters. The Morgan fingerprint density at radius 3 is 2.88 bits per heavy atom. The molecule has 0 saturated carbocycles. The third kappa shape index (κ3) is 3.25. The summed E-state index contributed by atoms with van der Waals surface area (Å²) in [6.07, 6.45) is 1.65. The molecule has 4 nitrogen and oxygen atoms in total. The second kappa shape index (κ2) is 7.35. The second-order valence-electron chi connectivity index (χ2n) is 6.03. The van der Waals surface area contributed by atoms with Crippen LogP contribution in [0, 0.1) is 5.82 Å². The predicted octanol–water partition coefficient (Wildman–Crippen LogP) is 4.22. The molecule has 0 spiro atoms. The lowest BCUT2D eigenvalue weighted by atomic mass is 10.0. The van der Waals surface area contributed by atoms with E-state index in [-0.39, 0.29) is 18.0 Å². The van der Waals surface area contributed by atoms with Crippen LogP contribution in [0.1, 0.15) is 29.0 Å². The van der Waals surface area contributed by atoms with Gasteiger partial charge in [0.15, 0.2) is 0 Å². The van der Waals surface area contributed by atoms with Crippen molar-refractivity contribution >= 4 is 22.9 Å². The highest BCUT2D eigenvalue weighted by molar-refractivity contribution is 7.10. The molecule has 0 aliphatic carbocycles. The van der Waals surface area contributed by atoms with E-state index in [1.54, 1.807) is 23.6 Å². The van der Waals surface area contributed by atoms with Gasteiger partial charge in [0.2, 0.25) is 0 Å². The third-order valence-electron chi connectivity index (χ3n) is 4.30. The largest absolute Gasteiger partial charge is 0.352 e. The van der Waals surface area contributed by atoms with E-state index in [4.69, 9.17) is 4.99 Å². The van der Waals surface area contributed by atoms with Gasteiger partial charge in [-0.1, -0.05) is 25.1 Å². The molecule has 1 aliphatic rings. The Morgan fingerprint density at radius 1 is 1.19 bits per heavy atom. The fraction of sp³-hybridized carbons (Fsp3) is 0.200. The Balaban J connectivity index is 1.91. The molecular weight excluding hydrogens is 347 g/mol. The van der Waals surface area contributed by atoms with Crippen molar-refractivity contribution in [2.24, 2.45) is 4.99 Å². The van der Waals surface area contributed by atoms with Crippen molar-refractivity contribution in [3.63, 3.8) is 0 Å². The molecule has 2 aromatic heterocycles. The number of pyridine rings is 1. The Kier molecular flexibility index (Phi) is 4.77. The predicted molar refractivity (Wildman–Crippen MR) is 104 cm³/mol. The number of likely N-dealkylation sites (N-methyl/N-ethyl adjacent to an activating group) is 1. The first-order valence-corrected chi connectivity index (χ1v) is 9.46. The van der Waals surface area contributed by atoms with Gasteiger partial charge in [-0.05, 0) is 42.3 Å². The maximum absolute atomic E-state index is 13.9. The quantitative estimate of drug-likeness (QED) is 0.727. The van der Waals surface area contributed by atoms with Crippen molar-refractivity contribution in [1.82, 2.24) is 10.3 Å². The summed E-state index contributed by atoms with van der Waals surface area (Å²) in [5, 5.41) is 9.00. The van der Waals surface area contributed by atoms with Crippen LogP contribution in [0.5, 0.6) is 0 Å². The molecule has 3 heterocycles. The number of hydrogen-bond donors (Lipinski definition) is 2.